The summed E-state index contributed by atoms with van der Waals surface area (Å²) in [7, 11) is 0. The summed E-state index contributed by atoms with van der Waals surface area (Å²) in [6, 6.07) is 0. The molecule has 0 spiro atoms. The fourth-order valence-corrected chi connectivity index (χ4v) is 2.66. The van der Waals surface area contributed by atoms with Gasteiger partial charge in [0.2, 0.25) is 5.91 Å². The zero-order valence-electron chi connectivity index (χ0n) is 13.3. The predicted octanol–water partition coefficient (Wildman–Crippen LogP) is 3.62. The minimum atomic E-state index is 0.176. The molecule has 0 aliphatic heterocycles. The fraction of sp³-hybridized carbons (Fsp3) is 0.938. The number of nitrogens with one attached hydrogen (secondary N) is 1. The largest absolute Gasteiger partial charge is 0.356 e. The molecule has 19 heavy (non-hydrogen) atoms. The van der Waals surface area contributed by atoms with Crippen molar-refractivity contribution in [2.45, 2.75) is 78.6 Å². The van der Waals surface area contributed by atoms with E-state index in [0.717, 1.165) is 19.3 Å². The summed E-state index contributed by atoms with van der Waals surface area (Å²) in [6.45, 7) is 8.06. The molecular formula is C16H34N2O. The van der Waals surface area contributed by atoms with Gasteiger partial charge in [-0.05, 0) is 31.2 Å². The molecule has 0 aromatic carbocycles. The Labute approximate surface area is 119 Å². The summed E-state index contributed by atoms with van der Waals surface area (Å²) in [5.41, 5.74) is 5.61. The van der Waals surface area contributed by atoms with Crippen molar-refractivity contribution < 1.29 is 4.79 Å². The third kappa shape index (κ3) is 9.94. The van der Waals surface area contributed by atoms with E-state index in [2.05, 4.69) is 26.1 Å². The van der Waals surface area contributed by atoms with Gasteiger partial charge in [0.1, 0.15) is 0 Å². The van der Waals surface area contributed by atoms with Crippen molar-refractivity contribution in [1.29, 1.82) is 0 Å². The Bertz CT molecular complexity index is 231. The van der Waals surface area contributed by atoms with E-state index in [1.165, 1.54) is 32.1 Å². The maximum atomic E-state index is 11.9. The second-order valence-electron chi connectivity index (χ2n) is 6.04. The number of nitrogens with two attached hydrogens (primary N) is 1. The SMILES string of the molecule is CCCCCCC(C)(CCC)CC(=O)NCCCN. The van der Waals surface area contributed by atoms with Crippen LogP contribution >= 0.6 is 0 Å². The van der Waals surface area contributed by atoms with Crippen molar-refractivity contribution >= 4 is 5.91 Å². The molecule has 0 aromatic rings. The average Bonchev–Trinajstić information content (AvgIpc) is 2.35. The topological polar surface area (TPSA) is 55.1 Å². The van der Waals surface area contributed by atoms with Gasteiger partial charge in [-0.25, -0.2) is 0 Å². The minimum Gasteiger partial charge on any atom is -0.356 e. The molecule has 0 heterocycles. The molecule has 3 heteroatoms. The highest BCUT2D eigenvalue weighted by Crippen LogP contribution is 2.33. The summed E-state index contributed by atoms with van der Waals surface area (Å²) in [5.74, 6) is 0.194. The van der Waals surface area contributed by atoms with Gasteiger partial charge in [-0.2, -0.15) is 0 Å². The van der Waals surface area contributed by atoms with Gasteiger partial charge in [0.05, 0.1) is 0 Å². The van der Waals surface area contributed by atoms with Gasteiger partial charge in [-0.1, -0.05) is 52.9 Å². The molecule has 0 fully saturated rings. The van der Waals surface area contributed by atoms with E-state index in [4.69, 9.17) is 5.73 Å². The van der Waals surface area contributed by atoms with Crippen LogP contribution < -0.4 is 11.1 Å². The minimum absolute atomic E-state index is 0.176. The lowest BCUT2D eigenvalue weighted by Crippen LogP contribution is -2.31. The first-order valence-corrected chi connectivity index (χ1v) is 8.04. The zero-order chi connectivity index (χ0) is 14.6. The third-order valence-corrected chi connectivity index (χ3v) is 3.78. The molecule has 3 nitrogen and oxygen atoms in total. The highest BCUT2D eigenvalue weighted by atomic mass is 16.1. The molecule has 0 rings (SSSR count). The maximum Gasteiger partial charge on any atom is 0.220 e. The molecule has 1 amide bonds. The fourth-order valence-electron chi connectivity index (χ4n) is 2.66. The maximum absolute atomic E-state index is 11.9. The van der Waals surface area contributed by atoms with Gasteiger partial charge in [0.15, 0.2) is 0 Å². The van der Waals surface area contributed by atoms with Crippen LogP contribution in [0.2, 0.25) is 0 Å². The monoisotopic (exact) mass is 270 g/mol. The molecule has 0 radical (unpaired) electrons. The second kappa shape index (κ2) is 11.3. The van der Waals surface area contributed by atoms with Crippen molar-refractivity contribution in [3.8, 4) is 0 Å². The number of amides is 1. The molecule has 114 valence electrons. The van der Waals surface area contributed by atoms with Crippen LogP contribution in [0.3, 0.4) is 0 Å². The van der Waals surface area contributed by atoms with Crippen LogP contribution in [0.5, 0.6) is 0 Å². The predicted molar refractivity (Wildman–Crippen MR) is 83.1 cm³/mol. The first-order chi connectivity index (χ1) is 9.08. The van der Waals surface area contributed by atoms with Gasteiger partial charge in [0, 0.05) is 13.0 Å². The number of unbranched alkanes of at least 4 members (excludes halogenated alkanes) is 3. The quantitative estimate of drug-likeness (QED) is 0.532. The van der Waals surface area contributed by atoms with E-state index in [0.29, 0.717) is 19.5 Å². The molecule has 0 aliphatic carbocycles. The molecule has 1 unspecified atom stereocenters. The van der Waals surface area contributed by atoms with Crippen LogP contribution in [0.15, 0.2) is 0 Å². The van der Waals surface area contributed by atoms with E-state index >= 15 is 0 Å². The Kier molecular flexibility index (Phi) is 10.9. The lowest BCUT2D eigenvalue weighted by molar-refractivity contribution is -0.123. The van der Waals surface area contributed by atoms with Gasteiger partial charge >= 0.3 is 0 Å². The number of carbonyl (C=O) groups excluding carboxylic acids is 1. The summed E-state index contributed by atoms with van der Waals surface area (Å²) >= 11 is 0. The van der Waals surface area contributed by atoms with Crippen LogP contribution in [0.25, 0.3) is 0 Å². The normalized spacial score (nSPS) is 14.1. The standard InChI is InChI=1S/C16H34N2O/c1-4-6-7-8-11-16(3,10-5-2)14-15(19)18-13-9-12-17/h4-14,17H2,1-3H3,(H,18,19). The van der Waals surface area contributed by atoms with E-state index in [1.54, 1.807) is 0 Å². The Morgan fingerprint density at radius 2 is 1.79 bits per heavy atom. The molecule has 0 saturated heterocycles. The van der Waals surface area contributed by atoms with Gasteiger partial charge in [-0.15, -0.1) is 0 Å². The summed E-state index contributed by atoms with van der Waals surface area (Å²) in [4.78, 5) is 11.9. The van der Waals surface area contributed by atoms with Crippen molar-refractivity contribution in [1.82, 2.24) is 5.32 Å². The highest BCUT2D eigenvalue weighted by Gasteiger charge is 2.25. The summed E-state index contributed by atoms with van der Waals surface area (Å²) < 4.78 is 0. The average molecular weight is 270 g/mol. The van der Waals surface area contributed by atoms with E-state index in [1.807, 2.05) is 0 Å². The van der Waals surface area contributed by atoms with E-state index in [-0.39, 0.29) is 11.3 Å². The Balaban J connectivity index is 4.08. The first-order valence-electron chi connectivity index (χ1n) is 8.04. The van der Waals surface area contributed by atoms with Crippen molar-refractivity contribution in [2.75, 3.05) is 13.1 Å². The molecule has 0 bridgehead atoms. The van der Waals surface area contributed by atoms with Crippen molar-refractivity contribution in [2.24, 2.45) is 11.1 Å². The first kappa shape index (κ1) is 18.4. The third-order valence-electron chi connectivity index (χ3n) is 3.78. The second-order valence-corrected chi connectivity index (χ2v) is 6.04. The van der Waals surface area contributed by atoms with Crippen LogP contribution in [-0.4, -0.2) is 19.0 Å². The van der Waals surface area contributed by atoms with Gasteiger partial charge < -0.3 is 11.1 Å². The molecule has 0 aliphatic rings. The highest BCUT2D eigenvalue weighted by molar-refractivity contribution is 5.76. The molecule has 1 atom stereocenters. The number of carbonyl (C=O) groups is 1. The van der Waals surface area contributed by atoms with Crippen LogP contribution in [0, 0.1) is 5.41 Å². The Morgan fingerprint density at radius 3 is 2.37 bits per heavy atom. The molecule has 3 N–H and O–H groups in total. The van der Waals surface area contributed by atoms with Crippen molar-refractivity contribution in [3.63, 3.8) is 0 Å². The van der Waals surface area contributed by atoms with Crippen LogP contribution in [0.4, 0.5) is 0 Å². The number of hydrogen-bond donors (Lipinski definition) is 2. The number of rotatable bonds is 12. The Morgan fingerprint density at radius 1 is 1.05 bits per heavy atom. The van der Waals surface area contributed by atoms with Crippen molar-refractivity contribution in [3.05, 3.63) is 0 Å². The van der Waals surface area contributed by atoms with Gasteiger partial charge in [0.25, 0.3) is 0 Å². The van der Waals surface area contributed by atoms with Gasteiger partial charge in [-0.3, -0.25) is 4.79 Å². The van der Waals surface area contributed by atoms with E-state index < -0.39 is 0 Å². The molecule has 0 saturated carbocycles. The summed E-state index contributed by atoms with van der Waals surface area (Å²) in [5, 5.41) is 2.98. The molecule has 0 aromatic heterocycles. The van der Waals surface area contributed by atoms with Crippen LogP contribution in [-0.2, 0) is 4.79 Å². The smallest absolute Gasteiger partial charge is 0.220 e. The van der Waals surface area contributed by atoms with Crippen LogP contribution in [0.1, 0.15) is 78.6 Å². The summed E-state index contributed by atoms with van der Waals surface area (Å²) in [6.07, 6.45) is 10.1. The van der Waals surface area contributed by atoms with E-state index in [9.17, 15) is 4.79 Å². The lowest BCUT2D eigenvalue weighted by atomic mass is 9.77. The lowest BCUT2D eigenvalue weighted by Gasteiger charge is -2.29. The molecular weight excluding hydrogens is 236 g/mol. The number of hydrogen-bond acceptors (Lipinski definition) is 2. The zero-order valence-corrected chi connectivity index (χ0v) is 13.3. The Hall–Kier alpha value is -0.570.